The van der Waals surface area contributed by atoms with E-state index < -0.39 is 0 Å². The van der Waals surface area contributed by atoms with Gasteiger partial charge in [-0.25, -0.2) is 0 Å². The fourth-order valence-corrected chi connectivity index (χ4v) is 1.52. The molecule has 1 heteroatoms. The van der Waals surface area contributed by atoms with Crippen LogP contribution in [0.3, 0.4) is 0 Å². The lowest BCUT2D eigenvalue weighted by molar-refractivity contribution is 0.768. The molecular formula is C8H13P. The monoisotopic (exact) mass is 140 g/mol. The maximum atomic E-state index is 3.76. The first kappa shape index (κ1) is 7.02. The molecule has 0 fully saturated rings. The highest BCUT2D eigenvalue weighted by Gasteiger charge is 2.09. The van der Waals surface area contributed by atoms with Gasteiger partial charge in [0.05, 0.1) is 0 Å². The Kier molecular flexibility index (Phi) is 2.48. The summed E-state index contributed by atoms with van der Waals surface area (Å²) in [5, 5.41) is 0. The second-order valence-electron chi connectivity index (χ2n) is 2.47. The summed E-state index contributed by atoms with van der Waals surface area (Å²) in [6.07, 6.45) is 8.07. The third kappa shape index (κ3) is 1.66. The van der Waals surface area contributed by atoms with E-state index in [2.05, 4.69) is 21.9 Å². The molecule has 2 atom stereocenters. The maximum Gasteiger partial charge on any atom is -0.00503 e. The van der Waals surface area contributed by atoms with Crippen LogP contribution in [0.5, 0.6) is 0 Å². The number of rotatable bonds is 2. The molecule has 9 heavy (non-hydrogen) atoms. The zero-order chi connectivity index (χ0) is 6.69. The van der Waals surface area contributed by atoms with E-state index in [0.717, 1.165) is 6.16 Å². The maximum absolute atomic E-state index is 3.76. The van der Waals surface area contributed by atoms with Crippen LogP contribution in [0, 0.1) is 5.92 Å². The summed E-state index contributed by atoms with van der Waals surface area (Å²) in [5.41, 5.74) is 1.57. The van der Waals surface area contributed by atoms with Gasteiger partial charge in [0.2, 0.25) is 0 Å². The van der Waals surface area contributed by atoms with E-state index in [1.54, 1.807) is 5.57 Å². The van der Waals surface area contributed by atoms with Crippen molar-refractivity contribution in [3.8, 4) is 0 Å². The zero-order valence-electron chi connectivity index (χ0n) is 5.64. The summed E-state index contributed by atoms with van der Waals surface area (Å²) >= 11 is 0. The summed E-state index contributed by atoms with van der Waals surface area (Å²) in [6.45, 7) is 3.76. The van der Waals surface area contributed by atoms with Crippen LogP contribution in [0.2, 0.25) is 0 Å². The minimum Gasteiger partial charge on any atom is -0.133 e. The summed E-state index contributed by atoms with van der Waals surface area (Å²) in [7, 11) is 2.76. The Morgan fingerprint density at radius 1 is 1.89 bits per heavy atom. The van der Waals surface area contributed by atoms with E-state index in [1.165, 1.54) is 12.8 Å². The molecule has 0 heterocycles. The lowest BCUT2D eigenvalue weighted by atomic mass is 10.1. The van der Waals surface area contributed by atoms with Crippen molar-refractivity contribution in [1.29, 1.82) is 0 Å². The second-order valence-corrected chi connectivity index (χ2v) is 2.88. The van der Waals surface area contributed by atoms with Crippen molar-refractivity contribution in [2.24, 2.45) is 5.92 Å². The van der Waals surface area contributed by atoms with Crippen molar-refractivity contribution in [3.63, 3.8) is 0 Å². The largest absolute Gasteiger partial charge is 0.133 e. The molecule has 0 saturated carbocycles. The highest BCUT2D eigenvalue weighted by atomic mass is 31.0. The zero-order valence-corrected chi connectivity index (χ0v) is 6.79. The van der Waals surface area contributed by atoms with Crippen LogP contribution in [0.1, 0.15) is 12.8 Å². The van der Waals surface area contributed by atoms with Crippen molar-refractivity contribution >= 4 is 9.24 Å². The standard InChI is InChI=1S/C8H13P/c1-2-7-3-4-8(5-7)6-9/h2,5,7H,1,3-4,6,9H2. The van der Waals surface area contributed by atoms with Crippen LogP contribution in [0.15, 0.2) is 24.3 Å². The average Bonchev–Trinajstić information content (AvgIpc) is 2.34. The van der Waals surface area contributed by atoms with Gasteiger partial charge in [0, 0.05) is 0 Å². The SMILES string of the molecule is C=CC1C=C(CP)CC1. The lowest BCUT2D eigenvalue weighted by Gasteiger charge is -1.92. The Morgan fingerprint density at radius 2 is 2.67 bits per heavy atom. The molecule has 2 unspecified atom stereocenters. The third-order valence-electron chi connectivity index (χ3n) is 1.81. The first-order chi connectivity index (χ1) is 4.36. The molecule has 0 aliphatic heterocycles. The lowest BCUT2D eigenvalue weighted by Crippen LogP contribution is -1.80. The predicted octanol–water partition coefficient (Wildman–Crippen LogP) is 2.38. The number of hydrogen-bond donors (Lipinski definition) is 0. The van der Waals surface area contributed by atoms with E-state index >= 15 is 0 Å². The molecule has 0 N–H and O–H groups in total. The van der Waals surface area contributed by atoms with Crippen LogP contribution in [0.4, 0.5) is 0 Å². The average molecular weight is 140 g/mol. The van der Waals surface area contributed by atoms with E-state index in [9.17, 15) is 0 Å². The summed E-state index contributed by atoms with van der Waals surface area (Å²) in [5.74, 6) is 0.667. The van der Waals surface area contributed by atoms with Gasteiger partial charge in [-0.3, -0.25) is 0 Å². The quantitative estimate of drug-likeness (QED) is 0.408. The molecule has 1 aliphatic carbocycles. The predicted molar refractivity (Wildman–Crippen MR) is 45.6 cm³/mol. The molecule has 0 bridgehead atoms. The highest BCUT2D eigenvalue weighted by molar-refractivity contribution is 7.16. The Balaban J connectivity index is 2.49. The van der Waals surface area contributed by atoms with Gasteiger partial charge in [0.1, 0.15) is 0 Å². The van der Waals surface area contributed by atoms with Gasteiger partial charge < -0.3 is 0 Å². The fourth-order valence-electron chi connectivity index (χ4n) is 1.18. The molecule has 1 rings (SSSR count). The minimum atomic E-state index is 0.667. The van der Waals surface area contributed by atoms with Gasteiger partial charge in [-0.15, -0.1) is 15.8 Å². The molecular weight excluding hydrogens is 127 g/mol. The topological polar surface area (TPSA) is 0 Å². The molecule has 0 aromatic rings. The molecule has 0 aromatic carbocycles. The summed E-state index contributed by atoms with van der Waals surface area (Å²) in [6, 6.07) is 0. The second kappa shape index (κ2) is 3.17. The molecule has 1 aliphatic rings. The van der Waals surface area contributed by atoms with Gasteiger partial charge in [-0.1, -0.05) is 17.7 Å². The van der Waals surface area contributed by atoms with E-state index in [4.69, 9.17) is 0 Å². The molecule has 50 valence electrons. The third-order valence-corrected chi connectivity index (χ3v) is 2.34. The molecule has 0 radical (unpaired) electrons. The molecule has 0 spiro atoms. The first-order valence-corrected chi connectivity index (χ1v) is 4.20. The van der Waals surface area contributed by atoms with Crippen LogP contribution in [-0.4, -0.2) is 6.16 Å². The fraction of sp³-hybridized carbons (Fsp3) is 0.500. The van der Waals surface area contributed by atoms with Crippen molar-refractivity contribution in [3.05, 3.63) is 24.3 Å². The van der Waals surface area contributed by atoms with Gasteiger partial charge in [0.15, 0.2) is 0 Å². The van der Waals surface area contributed by atoms with Crippen LogP contribution < -0.4 is 0 Å². The van der Waals surface area contributed by atoms with E-state index in [-0.39, 0.29) is 0 Å². The molecule has 0 saturated heterocycles. The van der Waals surface area contributed by atoms with Gasteiger partial charge in [-0.2, -0.15) is 0 Å². The van der Waals surface area contributed by atoms with Crippen LogP contribution >= 0.6 is 9.24 Å². The first-order valence-electron chi connectivity index (χ1n) is 3.39. The van der Waals surface area contributed by atoms with Crippen molar-refractivity contribution < 1.29 is 0 Å². The minimum absolute atomic E-state index is 0.667. The smallest absolute Gasteiger partial charge is 0.00503 e. The normalized spacial score (nSPS) is 25.9. The van der Waals surface area contributed by atoms with Crippen molar-refractivity contribution in [2.75, 3.05) is 6.16 Å². The summed E-state index contributed by atoms with van der Waals surface area (Å²) in [4.78, 5) is 0. The van der Waals surface area contributed by atoms with Gasteiger partial charge in [-0.05, 0) is 24.9 Å². The van der Waals surface area contributed by atoms with Crippen molar-refractivity contribution in [2.45, 2.75) is 12.8 Å². The van der Waals surface area contributed by atoms with Crippen LogP contribution in [0.25, 0.3) is 0 Å². The van der Waals surface area contributed by atoms with Gasteiger partial charge >= 0.3 is 0 Å². The molecule has 0 nitrogen and oxygen atoms in total. The van der Waals surface area contributed by atoms with E-state index in [0.29, 0.717) is 5.92 Å². The van der Waals surface area contributed by atoms with Crippen LogP contribution in [-0.2, 0) is 0 Å². The highest BCUT2D eigenvalue weighted by Crippen LogP contribution is 2.25. The molecule has 0 aromatic heterocycles. The Labute approximate surface area is 59.2 Å². The molecule has 0 amide bonds. The van der Waals surface area contributed by atoms with E-state index in [1.807, 2.05) is 6.08 Å². The summed E-state index contributed by atoms with van der Waals surface area (Å²) < 4.78 is 0. The number of allylic oxidation sites excluding steroid dienone is 3. The Morgan fingerprint density at radius 3 is 3.00 bits per heavy atom. The number of hydrogen-bond acceptors (Lipinski definition) is 0. The van der Waals surface area contributed by atoms with Crippen molar-refractivity contribution in [1.82, 2.24) is 0 Å². The van der Waals surface area contributed by atoms with Gasteiger partial charge in [0.25, 0.3) is 0 Å². The Hall–Kier alpha value is -0.0900. The Bertz CT molecular complexity index is 136.